The monoisotopic (exact) mass is 679 g/mol. The summed E-state index contributed by atoms with van der Waals surface area (Å²) in [4.78, 5) is 2.43. The van der Waals surface area contributed by atoms with Gasteiger partial charge in [-0.05, 0) is 97.4 Å². The van der Waals surface area contributed by atoms with Crippen LogP contribution in [0.15, 0.2) is 200 Å². The van der Waals surface area contributed by atoms with Gasteiger partial charge in [-0.2, -0.15) is 0 Å². The summed E-state index contributed by atoms with van der Waals surface area (Å²) >= 11 is 1.86. The highest BCUT2D eigenvalue weighted by molar-refractivity contribution is 7.26. The fourth-order valence-corrected chi connectivity index (χ4v) is 8.98. The number of nitrogens with zero attached hydrogens (tertiary/aromatic N) is 1. The van der Waals surface area contributed by atoms with E-state index in [-0.39, 0.29) is 0 Å². The van der Waals surface area contributed by atoms with E-state index in [1.807, 2.05) is 11.3 Å². The maximum atomic E-state index is 2.43. The minimum Gasteiger partial charge on any atom is -0.310 e. The van der Waals surface area contributed by atoms with Crippen molar-refractivity contribution < 1.29 is 0 Å². The summed E-state index contributed by atoms with van der Waals surface area (Å²) in [7, 11) is 0. The maximum absolute atomic E-state index is 2.43. The lowest BCUT2D eigenvalue weighted by Gasteiger charge is -2.27. The molecule has 244 valence electrons. The van der Waals surface area contributed by atoms with Gasteiger partial charge in [0.05, 0.1) is 5.69 Å². The summed E-state index contributed by atoms with van der Waals surface area (Å²) in [6, 6.07) is 72.9. The van der Waals surface area contributed by atoms with E-state index in [1.54, 1.807) is 0 Å². The minimum atomic E-state index is 1.12. The third kappa shape index (κ3) is 5.16. The lowest BCUT2D eigenvalue weighted by molar-refractivity contribution is 1.30. The molecular formula is C50H33NS. The molecule has 0 unspecified atom stereocenters. The van der Waals surface area contributed by atoms with Crippen LogP contribution in [-0.2, 0) is 0 Å². The Morgan fingerprint density at radius 3 is 1.44 bits per heavy atom. The molecule has 0 N–H and O–H groups in total. The second-order valence-electron chi connectivity index (χ2n) is 13.3. The molecule has 0 atom stereocenters. The molecule has 0 spiro atoms. The van der Waals surface area contributed by atoms with Crippen LogP contribution in [0.25, 0.3) is 75.1 Å². The highest BCUT2D eigenvalue weighted by Crippen LogP contribution is 2.46. The zero-order valence-corrected chi connectivity index (χ0v) is 29.2. The molecule has 0 radical (unpaired) electrons. The van der Waals surface area contributed by atoms with Gasteiger partial charge >= 0.3 is 0 Å². The van der Waals surface area contributed by atoms with Crippen LogP contribution in [0.3, 0.4) is 0 Å². The normalized spacial score (nSPS) is 11.5. The molecule has 1 nitrogen and oxygen atoms in total. The van der Waals surface area contributed by atoms with Gasteiger partial charge < -0.3 is 4.90 Å². The van der Waals surface area contributed by atoms with Gasteiger partial charge in [0, 0.05) is 31.5 Å². The van der Waals surface area contributed by atoms with Crippen molar-refractivity contribution in [2.75, 3.05) is 4.90 Å². The van der Waals surface area contributed by atoms with Crippen LogP contribution in [0.4, 0.5) is 17.1 Å². The third-order valence-corrected chi connectivity index (χ3v) is 11.4. The Kier molecular flexibility index (Phi) is 7.41. The van der Waals surface area contributed by atoms with Crippen molar-refractivity contribution in [2.45, 2.75) is 0 Å². The first-order valence-corrected chi connectivity index (χ1v) is 18.6. The summed E-state index contributed by atoms with van der Waals surface area (Å²) in [5.41, 5.74) is 10.8. The van der Waals surface area contributed by atoms with E-state index in [4.69, 9.17) is 0 Å². The molecule has 0 saturated heterocycles. The molecule has 0 fully saturated rings. The van der Waals surface area contributed by atoms with Crippen molar-refractivity contribution in [1.29, 1.82) is 0 Å². The topological polar surface area (TPSA) is 3.24 Å². The Morgan fingerprint density at radius 2 is 0.769 bits per heavy atom. The summed E-state index contributed by atoms with van der Waals surface area (Å²) in [5.74, 6) is 0. The van der Waals surface area contributed by atoms with Crippen molar-refractivity contribution in [3.63, 3.8) is 0 Å². The summed E-state index contributed by atoms with van der Waals surface area (Å²) < 4.78 is 2.59. The molecule has 0 saturated carbocycles. The summed E-state index contributed by atoms with van der Waals surface area (Å²) in [5, 5.41) is 7.62. The standard InChI is InChI=1S/C50H33NS/c1-2-12-34(13-3-1)42-19-9-22-45-43(20-10-21-44(42)45)37-28-32-39(33-29-37)51(47-23-11-25-49-50(47)46-17-6-7-24-48(46)52-49)38-30-26-36(27-31-38)41-18-8-15-35-14-4-5-16-40(35)41/h1-33H. The van der Waals surface area contributed by atoms with Crippen molar-refractivity contribution in [3.05, 3.63) is 200 Å². The molecule has 9 aromatic carbocycles. The van der Waals surface area contributed by atoms with E-state index < -0.39 is 0 Å². The molecule has 0 bridgehead atoms. The Hall–Kier alpha value is -6.48. The second kappa shape index (κ2) is 12.7. The number of hydrogen-bond acceptors (Lipinski definition) is 2. The van der Waals surface area contributed by atoms with Crippen molar-refractivity contribution in [3.8, 4) is 33.4 Å². The van der Waals surface area contributed by atoms with Gasteiger partial charge in [-0.15, -0.1) is 11.3 Å². The van der Waals surface area contributed by atoms with E-state index >= 15 is 0 Å². The van der Waals surface area contributed by atoms with Crippen LogP contribution in [0.2, 0.25) is 0 Å². The van der Waals surface area contributed by atoms with Gasteiger partial charge in [-0.25, -0.2) is 0 Å². The van der Waals surface area contributed by atoms with Crippen LogP contribution in [-0.4, -0.2) is 0 Å². The highest BCUT2D eigenvalue weighted by atomic mass is 32.1. The Bertz CT molecular complexity index is 2880. The Labute approximate surface area is 307 Å². The van der Waals surface area contributed by atoms with E-state index in [9.17, 15) is 0 Å². The van der Waals surface area contributed by atoms with Gasteiger partial charge in [0.25, 0.3) is 0 Å². The first kappa shape index (κ1) is 30.4. The molecule has 1 heterocycles. The highest BCUT2D eigenvalue weighted by Gasteiger charge is 2.19. The number of rotatable bonds is 6. The molecule has 0 aliphatic carbocycles. The molecule has 1 aromatic heterocycles. The molecular weight excluding hydrogens is 647 g/mol. The number of benzene rings is 9. The maximum Gasteiger partial charge on any atom is 0.0554 e. The fraction of sp³-hybridized carbons (Fsp3) is 0. The van der Waals surface area contributed by atoms with Gasteiger partial charge in [-0.3, -0.25) is 0 Å². The SMILES string of the molecule is c1ccc(-c2cccc3c(-c4ccc(N(c5ccc(-c6cccc7ccccc67)cc5)c5cccc6sc7ccccc7c56)cc4)cccc23)cc1. The first-order valence-electron chi connectivity index (χ1n) is 17.8. The van der Waals surface area contributed by atoms with Crippen molar-refractivity contribution in [2.24, 2.45) is 0 Å². The Balaban J connectivity index is 1.11. The van der Waals surface area contributed by atoms with Crippen LogP contribution in [0.1, 0.15) is 0 Å². The van der Waals surface area contributed by atoms with Crippen LogP contribution < -0.4 is 4.90 Å². The quantitative estimate of drug-likeness (QED) is 0.169. The number of fused-ring (bicyclic) bond motifs is 5. The number of anilines is 3. The van der Waals surface area contributed by atoms with Gasteiger partial charge in [-0.1, -0.05) is 158 Å². The smallest absolute Gasteiger partial charge is 0.0554 e. The molecule has 0 amide bonds. The lowest BCUT2D eigenvalue weighted by Crippen LogP contribution is -2.10. The molecule has 52 heavy (non-hydrogen) atoms. The molecule has 2 heteroatoms. The molecule has 0 aliphatic rings. The van der Waals surface area contributed by atoms with Crippen molar-refractivity contribution in [1.82, 2.24) is 0 Å². The number of hydrogen-bond donors (Lipinski definition) is 0. The average molecular weight is 680 g/mol. The van der Waals surface area contributed by atoms with E-state index in [0.29, 0.717) is 0 Å². The molecule has 0 aliphatic heterocycles. The lowest BCUT2D eigenvalue weighted by atomic mass is 9.93. The van der Waals surface area contributed by atoms with E-state index in [0.717, 1.165) is 11.4 Å². The van der Waals surface area contributed by atoms with Gasteiger partial charge in [0.2, 0.25) is 0 Å². The third-order valence-electron chi connectivity index (χ3n) is 10.3. The largest absolute Gasteiger partial charge is 0.310 e. The van der Waals surface area contributed by atoms with Crippen molar-refractivity contribution >= 4 is 70.1 Å². The van der Waals surface area contributed by atoms with E-state index in [1.165, 1.54) is 80.8 Å². The zero-order valence-electron chi connectivity index (χ0n) is 28.4. The molecule has 10 aromatic rings. The zero-order chi connectivity index (χ0) is 34.4. The number of thiophene rings is 1. The van der Waals surface area contributed by atoms with Crippen LogP contribution in [0.5, 0.6) is 0 Å². The van der Waals surface area contributed by atoms with Crippen LogP contribution >= 0.6 is 11.3 Å². The predicted molar refractivity (Wildman–Crippen MR) is 225 cm³/mol. The second-order valence-corrected chi connectivity index (χ2v) is 14.4. The van der Waals surface area contributed by atoms with Crippen LogP contribution in [0, 0.1) is 0 Å². The summed E-state index contributed by atoms with van der Waals surface area (Å²) in [6.07, 6.45) is 0. The predicted octanol–water partition coefficient (Wildman–Crippen LogP) is 14.8. The first-order chi connectivity index (χ1) is 25.8. The van der Waals surface area contributed by atoms with Gasteiger partial charge in [0.1, 0.15) is 0 Å². The minimum absolute atomic E-state index is 1.12. The average Bonchev–Trinajstić information content (AvgIpc) is 3.61. The molecule has 10 rings (SSSR count). The van der Waals surface area contributed by atoms with Gasteiger partial charge in [0.15, 0.2) is 0 Å². The fourth-order valence-electron chi connectivity index (χ4n) is 7.86. The summed E-state index contributed by atoms with van der Waals surface area (Å²) in [6.45, 7) is 0. The Morgan fingerprint density at radius 1 is 0.308 bits per heavy atom. The van der Waals surface area contributed by atoms with E-state index in [2.05, 4.69) is 205 Å².